The summed E-state index contributed by atoms with van der Waals surface area (Å²) in [6.45, 7) is 2.64. The van der Waals surface area contributed by atoms with Crippen LogP contribution in [0.25, 0.3) is 0 Å². The maximum atomic E-state index is 5.02. The number of nitrogens with zero attached hydrogens (tertiary/aromatic N) is 1. The zero-order valence-electron chi connectivity index (χ0n) is 5.63. The van der Waals surface area contributed by atoms with E-state index in [1.54, 1.807) is 0 Å². The van der Waals surface area contributed by atoms with Gasteiger partial charge in [-0.25, -0.2) is 0 Å². The van der Waals surface area contributed by atoms with Gasteiger partial charge in [0.25, 0.3) is 0 Å². The number of halogens is 1. The van der Waals surface area contributed by atoms with Crippen molar-refractivity contribution in [1.82, 2.24) is 5.32 Å². The molecular formula is C4H11ClN4S. The predicted molar refractivity (Wildman–Crippen MR) is 49.3 cm³/mol. The third kappa shape index (κ3) is 7.45. The van der Waals surface area contributed by atoms with Crippen LogP contribution in [0.1, 0.15) is 6.92 Å². The molecule has 0 spiro atoms. The Kier molecular flexibility index (Phi) is 7.99. The van der Waals surface area contributed by atoms with Crippen molar-refractivity contribution in [3.8, 4) is 0 Å². The second-order valence-corrected chi connectivity index (χ2v) is 1.76. The first-order valence-corrected chi connectivity index (χ1v) is 2.95. The lowest BCUT2D eigenvalue weighted by Gasteiger charge is -1.96. The molecule has 0 fully saturated rings. The van der Waals surface area contributed by atoms with Crippen molar-refractivity contribution in [2.45, 2.75) is 6.92 Å². The Bertz CT molecular complexity index is 131. The molecule has 0 rings (SSSR count). The molecule has 5 N–H and O–H groups in total. The summed E-state index contributed by atoms with van der Waals surface area (Å²) in [4.78, 5) is 3.56. The quantitative estimate of drug-likeness (QED) is 0.293. The van der Waals surface area contributed by atoms with Gasteiger partial charge in [-0.15, -0.1) is 12.4 Å². The number of aliphatic imine (C=N–C) groups is 1. The van der Waals surface area contributed by atoms with Gasteiger partial charge in [0.1, 0.15) is 0 Å². The van der Waals surface area contributed by atoms with Gasteiger partial charge >= 0.3 is 0 Å². The van der Waals surface area contributed by atoms with Crippen LogP contribution in [0.15, 0.2) is 4.99 Å². The molecule has 60 valence electrons. The highest BCUT2D eigenvalue weighted by atomic mass is 35.5. The Balaban J connectivity index is 0. The van der Waals surface area contributed by atoms with Crippen molar-refractivity contribution in [2.24, 2.45) is 16.5 Å². The number of hydrogen-bond acceptors (Lipinski definition) is 1. The fourth-order valence-electron chi connectivity index (χ4n) is 0.308. The Morgan fingerprint density at radius 3 is 2.40 bits per heavy atom. The van der Waals surface area contributed by atoms with E-state index in [1.165, 1.54) is 0 Å². The van der Waals surface area contributed by atoms with Crippen LogP contribution in [-0.2, 0) is 0 Å². The van der Waals surface area contributed by atoms with Crippen molar-refractivity contribution < 1.29 is 0 Å². The molecule has 0 saturated heterocycles. The SMILES string of the molecule is CCNC(=S)N=C(N)N.Cl. The van der Waals surface area contributed by atoms with E-state index >= 15 is 0 Å². The largest absolute Gasteiger partial charge is 0.370 e. The Labute approximate surface area is 71.5 Å². The van der Waals surface area contributed by atoms with Crippen molar-refractivity contribution >= 4 is 35.7 Å². The molecule has 0 saturated carbocycles. The van der Waals surface area contributed by atoms with E-state index in [9.17, 15) is 0 Å². The second kappa shape index (κ2) is 6.57. The van der Waals surface area contributed by atoms with Crippen molar-refractivity contribution in [1.29, 1.82) is 0 Å². The van der Waals surface area contributed by atoms with Gasteiger partial charge in [-0.05, 0) is 19.1 Å². The molecule has 6 heteroatoms. The second-order valence-electron chi connectivity index (χ2n) is 1.37. The summed E-state index contributed by atoms with van der Waals surface area (Å²) in [5.41, 5.74) is 10.0. The minimum atomic E-state index is -0.0130. The highest BCUT2D eigenvalue weighted by Crippen LogP contribution is 1.71. The summed E-state index contributed by atoms with van der Waals surface area (Å²) in [6, 6.07) is 0. The van der Waals surface area contributed by atoms with Gasteiger partial charge in [0, 0.05) is 6.54 Å². The molecule has 0 aromatic heterocycles. The van der Waals surface area contributed by atoms with Gasteiger partial charge in [-0.3, -0.25) is 0 Å². The number of hydrogen-bond donors (Lipinski definition) is 3. The highest BCUT2D eigenvalue weighted by molar-refractivity contribution is 7.80. The maximum absolute atomic E-state index is 5.02. The molecule has 10 heavy (non-hydrogen) atoms. The normalized spacial score (nSPS) is 7.30. The zero-order valence-corrected chi connectivity index (χ0v) is 7.26. The number of thiocarbonyl (C=S) groups is 1. The summed E-state index contributed by atoms with van der Waals surface area (Å²) in [7, 11) is 0. The lowest BCUT2D eigenvalue weighted by molar-refractivity contribution is 0.972. The molecule has 4 nitrogen and oxygen atoms in total. The average molecular weight is 183 g/mol. The average Bonchev–Trinajstić information content (AvgIpc) is 1.63. The van der Waals surface area contributed by atoms with Crippen LogP contribution in [0.5, 0.6) is 0 Å². The van der Waals surface area contributed by atoms with Crippen LogP contribution in [0.2, 0.25) is 0 Å². The lowest BCUT2D eigenvalue weighted by atomic mass is 10.7. The van der Waals surface area contributed by atoms with E-state index < -0.39 is 0 Å². The van der Waals surface area contributed by atoms with E-state index in [0.717, 1.165) is 6.54 Å². The standard InChI is InChI=1S/C4H10N4S.ClH/c1-2-7-4(9)8-3(5)6;/h2H2,1H3,(H5,5,6,7,8,9);1H. The van der Waals surface area contributed by atoms with Crippen LogP contribution in [0.4, 0.5) is 0 Å². The molecule has 0 aromatic rings. The fourth-order valence-corrected chi connectivity index (χ4v) is 0.558. The predicted octanol–water partition coefficient (Wildman–Crippen LogP) is -0.424. The first-order chi connectivity index (χ1) is 4.16. The van der Waals surface area contributed by atoms with E-state index in [2.05, 4.69) is 22.5 Å². The number of rotatable bonds is 1. The fraction of sp³-hybridized carbons (Fsp3) is 0.500. The van der Waals surface area contributed by atoms with E-state index in [0.29, 0.717) is 5.11 Å². The third-order valence-corrected chi connectivity index (χ3v) is 0.794. The molecule has 0 amide bonds. The smallest absolute Gasteiger partial charge is 0.196 e. The first-order valence-electron chi connectivity index (χ1n) is 2.54. The topological polar surface area (TPSA) is 76.4 Å². The maximum Gasteiger partial charge on any atom is 0.196 e. The minimum absolute atomic E-state index is 0. The molecule has 0 atom stereocenters. The van der Waals surface area contributed by atoms with Crippen LogP contribution < -0.4 is 16.8 Å². The molecule has 0 unspecified atom stereocenters. The number of guanidine groups is 1. The van der Waals surface area contributed by atoms with Crippen LogP contribution >= 0.6 is 24.6 Å². The van der Waals surface area contributed by atoms with Crippen LogP contribution in [0, 0.1) is 0 Å². The van der Waals surface area contributed by atoms with Crippen molar-refractivity contribution in [3.63, 3.8) is 0 Å². The molecule has 0 radical (unpaired) electrons. The number of nitrogens with two attached hydrogens (primary N) is 2. The molecule has 0 bridgehead atoms. The minimum Gasteiger partial charge on any atom is -0.370 e. The van der Waals surface area contributed by atoms with Gasteiger partial charge in [0.2, 0.25) is 0 Å². The highest BCUT2D eigenvalue weighted by Gasteiger charge is 1.86. The molecule has 0 aromatic carbocycles. The molecule has 0 aliphatic carbocycles. The monoisotopic (exact) mass is 182 g/mol. The number of nitrogens with one attached hydrogen (secondary N) is 1. The summed E-state index contributed by atoms with van der Waals surface area (Å²) >= 11 is 4.67. The molecule has 0 aliphatic rings. The van der Waals surface area contributed by atoms with Gasteiger partial charge in [-0.1, -0.05) is 0 Å². The zero-order chi connectivity index (χ0) is 7.28. The Morgan fingerprint density at radius 2 is 2.10 bits per heavy atom. The molecule has 0 heterocycles. The lowest BCUT2D eigenvalue weighted by Crippen LogP contribution is -2.28. The van der Waals surface area contributed by atoms with Gasteiger partial charge in [0.15, 0.2) is 11.1 Å². The van der Waals surface area contributed by atoms with Gasteiger partial charge in [-0.2, -0.15) is 4.99 Å². The van der Waals surface area contributed by atoms with Crippen molar-refractivity contribution in [2.75, 3.05) is 6.54 Å². The Hall–Kier alpha value is -0.550. The summed E-state index contributed by atoms with van der Waals surface area (Å²) in [5, 5.41) is 3.09. The third-order valence-electron chi connectivity index (χ3n) is 0.559. The van der Waals surface area contributed by atoms with Crippen molar-refractivity contribution in [3.05, 3.63) is 0 Å². The molecular weight excluding hydrogens is 172 g/mol. The summed E-state index contributed by atoms with van der Waals surface area (Å²) in [5.74, 6) is -0.0130. The van der Waals surface area contributed by atoms with E-state index in [4.69, 9.17) is 11.5 Å². The summed E-state index contributed by atoms with van der Waals surface area (Å²) < 4.78 is 0. The van der Waals surface area contributed by atoms with Gasteiger partial charge in [0.05, 0.1) is 0 Å². The van der Waals surface area contributed by atoms with E-state index in [1.807, 2.05) is 6.92 Å². The Morgan fingerprint density at radius 1 is 1.60 bits per heavy atom. The van der Waals surface area contributed by atoms with Gasteiger partial charge < -0.3 is 16.8 Å². The van der Waals surface area contributed by atoms with E-state index in [-0.39, 0.29) is 18.4 Å². The first kappa shape index (κ1) is 12.2. The summed E-state index contributed by atoms with van der Waals surface area (Å²) in [6.07, 6.45) is 0. The molecule has 0 aliphatic heterocycles. The van der Waals surface area contributed by atoms with Crippen LogP contribution in [0.3, 0.4) is 0 Å². The van der Waals surface area contributed by atoms with Crippen LogP contribution in [-0.4, -0.2) is 17.6 Å².